The fourth-order valence-corrected chi connectivity index (χ4v) is 11.6. The van der Waals surface area contributed by atoms with Crippen molar-refractivity contribution in [2.45, 2.75) is 124 Å². The Morgan fingerprint density at radius 1 is 0.940 bits per heavy atom. The van der Waals surface area contributed by atoms with Crippen molar-refractivity contribution in [3.05, 3.63) is 34.4 Å². The Labute approximate surface area is 299 Å². The number of allylic oxidation sites excluding steroid dienone is 1. The first-order valence-corrected chi connectivity index (χ1v) is 18.7. The van der Waals surface area contributed by atoms with Crippen LogP contribution in [0.2, 0.25) is 0 Å². The molecule has 0 spiro atoms. The number of hydrogen-bond acceptors (Lipinski definition) is 9. The highest BCUT2D eigenvalue weighted by atomic mass is 32.2. The van der Waals surface area contributed by atoms with E-state index in [4.69, 9.17) is 14.2 Å². The second-order valence-electron chi connectivity index (χ2n) is 16.4. The van der Waals surface area contributed by atoms with E-state index in [0.29, 0.717) is 18.4 Å². The van der Waals surface area contributed by atoms with Crippen molar-refractivity contribution in [2.75, 3.05) is 12.9 Å². The molecule has 0 saturated heterocycles. The molecule has 3 fully saturated rings. The molecule has 4 aliphatic rings. The van der Waals surface area contributed by atoms with Crippen LogP contribution in [0.5, 0.6) is 11.5 Å². The van der Waals surface area contributed by atoms with Crippen LogP contribution in [0.15, 0.2) is 17.7 Å². The van der Waals surface area contributed by atoms with Gasteiger partial charge in [0, 0.05) is 42.8 Å². The minimum atomic E-state index is -0.884. The summed E-state index contributed by atoms with van der Waals surface area (Å²) in [5.74, 6) is -1.94. The lowest BCUT2D eigenvalue weighted by Gasteiger charge is -2.70. The largest absolute Gasteiger partial charge is 0.481 e. The Morgan fingerprint density at radius 2 is 1.58 bits per heavy atom. The normalized spacial score (nSPS) is 34.7. The lowest BCUT2D eigenvalue weighted by atomic mass is 9.34. The van der Waals surface area contributed by atoms with E-state index in [1.165, 1.54) is 45.2 Å². The molecule has 0 bridgehead atoms. The highest BCUT2D eigenvalue weighted by Crippen LogP contribution is 2.75. The van der Waals surface area contributed by atoms with E-state index in [1.54, 1.807) is 0 Å². The molecular formula is C39H53NO9S. The molecule has 5 rings (SSSR count). The third-order valence-corrected chi connectivity index (χ3v) is 14.6. The van der Waals surface area contributed by atoms with Crippen LogP contribution in [0, 0.1) is 34.5 Å². The van der Waals surface area contributed by atoms with Gasteiger partial charge in [-0.1, -0.05) is 39.3 Å². The zero-order valence-corrected chi connectivity index (χ0v) is 32.0. The van der Waals surface area contributed by atoms with Crippen molar-refractivity contribution in [2.24, 2.45) is 27.6 Å². The molecule has 8 atom stereocenters. The number of thioether (sulfide) groups is 1. The summed E-state index contributed by atoms with van der Waals surface area (Å²) in [6, 6.07) is 0.972. The second-order valence-corrected chi connectivity index (χ2v) is 17.6. The molecule has 1 amide bonds. The number of nitrogens with one attached hydrogen (secondary N) is 1. The zero-order chi connectivity index (χ0) is 37.2. The molecule has 0 heterocycles. The predicted molar refractivity (Wildman–Crippen MR) is 190 cm³/mol. The van der Waals surface area contributed by atoms with E-state index in [1.807, 2.05) is 19.9 Å². The van der Waals surface area contributed by atoms with Crippen LogP contribution in [-0.2, 0) is 34.1 Å². The lowest BCUT2D eigenvalue weighted by molar-refractivity contribution is -0.177. The van der Waals surface area contributed by atoms with Crippen molar-refractivity contribution >= 4 is 41.5 Å². The standard InChI is InChI=1S/C39H53NO9S/c1-21-31-25(17-27(48-23(3)42)32(21)49-24(4)43)37(7)14-16-39(9)30-19-36(6,34(45)46)12-11-35(30,5)13-15-38(39,8)29(37)18-28(31)50-20-26(33(44)47-10)40-22(2)41/h17-18,26,28,30H,11-16,19-20H2,1-10H3,(H,40,41)(H,45,46)/t26-,28?,30+,35+,36+,37-,38+,39-/m0/s1. The second kappa shape index (κ2) is 13.0. The van der Waals surface area contributed by atoms with Gasteiger partial charge < -0.3 is 24.6 Å². The number of rotatable bonds is 8. The number of esters is 3. The summed E-state index contributed by atoms with van der Waals surface area (Å²) >= 11 is 1.49. The maximum absolute atomic E-state index is 12.8. The van der Waals surface area contributed by atoms with Gasteiger partial charge >= 0.3 is 23.9 Å². The fourth-order valence-electron chi connectivity index (χ4n) is 10.3. The minimum Gasteiger partial charge on any atom is -0.481 e. The van der Waals surface area contributed by atoms with E-state index in [2.05, 4.69) is 39.1 Å². The molecule has 0 aromatic heterocycles. The monoisotopic (exact) mass is 711 g/mol. The maximum Gasteiger partial charge on any atom is 0.329 e. The molecule has 2 N–H and O–H groups in total. The van der Waals surface area contributed by atoms with Crippen LogP contribution < -0.4 is 14.8 Å². The van der Waals surface area contributed by atoms with Crippen LogP contribution in [-0.4, -0.2) is 53.8 Å². The maximum atomic E-state index is 12.8. The Bertz CT molecular complexity index is 1670. The highest BCUT2D eigenvalue weighted by molar-refractivity contribution is 7.99. The zero-order valence-electron chi connectivity index (χ0n) is 31.2. The van der Waals surface area contributed by atoms with Gasteiger partial charge in [-0.15, -0.1) is 11.8 Å². The van der Waals surface area contributed by atoms with Gasteiger partial charge in [0.1, 0.15) is 6.04 Å². The molecule has 274 valence electrons. The van der Waals surface area contributed by atoms with E-state index in [-0.39, 0.29) is 50.6 Å². The van der Waals surface area contributed by atoms with Gasteiger partial charge in [-0.25, -0.2) is 4.79 Å². The Morgan fingerprint density at radius 3 is 2.16 bits per heavy atom. The number of aliphatic carboxylic acids is 1. The molecule has 11 heteroatoms. The summed E-state index contributed by atoms with van der Waals surface area (Å²) in [5.41, 5.74) is 2.08. The van der Waals surface area contributed by atoms with Gasteiger partial charge in [-0.05, 0) is 98.1 Å². The van der Waals surface area contributed by atoms with E-state index in [9.17, 15) is 29.1 Å². The number of benzene rings is 1. The summed E-state index contributed by atoms with van der Waals surface area (Å²) < 4.78 is 16.4. The van der Waals surface area contributed by atoms with Crippen LogP contribution in [0.1, 0.15) is 122 Å². The average Bonchev–Trinajstić information content (AvgIpc) is 3.02. The van der Waals surface area contributed by atoms with E-state index in [0.717, 1.165) is 43.2 Å². The fraction of sp³-hybridized carbons (Fsp3) is 0.667. The number of carbonyl (C=O) groups excluding carboxylic acids is 4. The third kappa shape index (κ3) is 6.05. The number of amides is 1. The predicted octanol–water partition coefficient (Wildman–Crippen LogP) is 6.99. The average molecular weight is 712 g/mol. The number of carboxylic acid groups (broad SMARTS) is 1. The van der Waals surface area contributed by atoms with Crippen molar-refractivity contribution < 1.29 is 43.3 Å². The van der Waals surface area contributed by atoms with Crippen LogP contribution in [0.3, 0.4) is 0 Å². The molecule has 0 radical (unpaired) electrons. The Balaban J connectivity index is 1.71. The number of hydrogen-bond donors (Lipinski definition) is 2. The first kappa shape index (κ1) is 37.9. The molecule has 4 aliphatic carbocycles. The number of methoxy groups -OCH3 is 1. The van der Waals surface area contributed by atoms with Gasteiger partial charge in [-0.2, -0.15) is 0 Å². The minimum absolute atomic E-state index is 0.0301. The van der Waals surface area contributed by atoms with Gasteiger partial charge in [0.15, 0.2) is 11.5 Å². The molecule has 50 heavy (non-hydrogen) atoms. The molecule has 1 aromatic rings. The Kier molecular flexibility index (Phi) is 9.86. The van der Waals surface area contributed by atoms with Crippen LogP contribution in [0.25, 0.3) is 0 Å². The van der Waals surface area contributed by atoms with Gasteiger partial charge in [0.25, 0.3) is 0 Å². The number of carbonyl (C=O) groups is 5. The number of ether oxygens (including phenoxy) is 3. The van der Waals surface area contributed by atoms with Crippen molar-refractivity contribution in [1.82, 2.24) is 5.32 Å². The van der Waals surface area contributed by atoms with Gasteiger partial charge in [0.05, 0.1) is 12.5 Å². The van der Waals surface area contributed by atoms with E-state index < -0.39 is 40.7 Å². The van der Waals surface area contributed by atoms with Crippen molar-refractivity contribution in [3.8, 4) is 11.5 Å². The topological polar surface area (TPSA) is 145 Å². The van der Waals surface area contributed by atoms with E-state index >= 15 is 0 Å². The number of carboxylic acids is 1. The smallest absolute Gasteiger partial charge is 0.329 e. The summed E-state index contributed by atoms with van der Waals surface area (Å²) in [4.78, 5) is 62.1. The first-order valence-electron chi connectivity index (χ1n) is 17.6. The molecular weight excluding hydrogens is 658 g/mol. The van der Waals surface area contributed by atoms with Crippen LogP contribution in [0.4, 0.5) is 0 Å². The summed E-state index contributed by atoms with van der Waals surface area (Å²) in [5, 5.41) is 12.8. The van der Waals surface area contributed by atoms with Gasteiger partial charge in [0.2, 0.25) is 5.91 Å². The van der Waals surface area contributed by atoms with Crippen LogP contribution >= 0.6 is 11.8 Å². The molecule has 0 aliphatic heterocycles. The number of fused-ring (bicyclic) bond motifs is 7. The summed E-state index contributed by atoms with van der Waals surface area (Å²) in [6.07, 6.45) is 8.09. The third-order valence-electron chi connectivity index (χ3n) is 13.4. The first-order chi connectivity index (χ1) is 23.2. The summed E-state index contributed by atoms with van der Waals surface area (Å²) in [6.45, 7) is 17.1. The van der Waals surface area contributed by atoms with Crippen molar-refractivity contribution in [1.29, 1.82) is 0 Å². The lowest BCUT2D eigenvalue weighted by Crippen LogP contribution is -2.62. The molecule has 10 nitrogen and oxygen atoms in total. The summed E-state index contributed by atoms with van der Waals surface area (Å²) in [7, 11) is 1.29. The Hall–Kier alpha value is -3.34. The van der Waals surface area contributed by atoms with Crippen molar-refractivity contribution in [3.63, 3.8) is 0 Å². The molecule has 1 unspecified atom stereocenters. The molecule has 3 saturated carbocycles. The highest BCUT2D eigenvalue weighted by Gasteiger charge is 2.67. The van der Waals surface area contributed by atoms with Gasteiger partial charge in [-0.3, -0.25) is 19.2 Å². The quantitative estimate of drug-likeness (QED) is 0.164. The SMILES string of the molecule is COC(=O)[C@H](CSC1C=C2[C@@](C)(CC[C@@]3(C)[C@@H]4C[C@](C)(C(=O)O)CC[C@]4(C)CC[C@]23C)c2cc(OC(C)=O)c(OC(C)=O)c(C)c21)NC(C)=O. The molecule has 1 aromatic carbocycles.